The van der Waals surface area contributed by atoms with E-state index in [4.69, 9.17) is 0 Å². The molecule has 0 aromatic heterocycles. The minimum Gasteiger partial charge on any atom is -0.340 e. The highest BCUT2D eigenvalue weighted by molar-refractivity contribution is 14.1. The first-order valence-electron chi connectivity index (χ1n) is 6.84. The topological polar surface area (TPSA) is 49.4 Å². The van der Waals surface area contributed by atoms with Gasteiger partial charge < -0.3 is 5.32 Å². The summed E-state index contributed by atoms with van der Waals surface area (Å²) in [6.07, 6.45) is 1.18. The number of rotatable bonds is 3. The van der Waals surface area contributed by atoms with Gasteiger partial charge in [0, 0.05) is 9.26 Å². The zero-order chi connectivity index (χ0) is 14.9. The molecule has 2 rings (SSSR count). The van der Waals surface area contributed by atoms with Gasteiger partial charge in [0.2, 0.25) is 5.91 Å². The maximum absolute atomic E-state index is 12.8. The van der Waals surface area contributed by atoms with Crippen molar-refractivity contribution in [3.63, 3.8) is 0 Å². The van der Waals surface area contributed by atoms with Crippen LogP contribution in [0.25, 0.3) is 0 Å². The Labute approximate surface area is 133 Å². The molecular formula is C15H19IN2O2. The molecule has 20 heavy (non-hydrogen) atoms. The van der Waals surface area contributed by atoms with Crippen LogP contribution in [0, 0.1) is 3.57 Å². The summed E-state index contributed by atoms with van der Waals surface area (Å²) in [5, 5.41) is 2.88. The number of amides is 2. The van der Waals surface area contributed by atoms with Crippen LogP contribution in [0.4, 0.5) is 5.69 Å². The Kier molecular flexibility index (Phi) is 4.36. The fourth-order valence-electron chi connectivity index (χ4n) is 2.46. The monoisotopic (exact) mass is 386 g/mol. The van der Waals surface area contributed by atoms with Gasteiger partial charge in [-0.15, -0.1) is 0 Å². The summed E-state index contributed by atoms with van der Waals surface area (Å²) in [6, 6.07) is 7.28. The fourth-order valence-corrected chi connectivity index (χ4v) is 2.99. The summed E-state index contributed by atoms with van der Waals surface area (Å²) in [6.45, 7) is 5.63. The zero-order valence-electron chi connectivity index (χ0n) is 11.9. The van der Waals surface area contributed by atoms with Gasteiger partial charge in [0.05, 0.1) is 0 Å². The van der Waals surface area contributed by atoms with Crippen LogP contribution in [0.3, 0.4) is 0 Å². The van der Waals surface area contributed by atoms with E-state index in [1.54, 1.807) is 11.8 Å². The van der Waals surface area contributed by atoms with Crippen LogP contribution in [0.2, 0.25) is 0 Å². The van der Waals surface area contributed by atoms with Crippen molar-refractivity contribution in [2.45, 2.75) is 45.2 Å². The van der Waals surface area contributed by atoms with E-state index < -0.39 is 11.6 Å². The summed E-state index contributed by atoms with van der Waals surface area (Å²) >= 11 is 2.21. The second-order valence-electron chi connectivity index (χ2n) is 5.25. The van der Waals surface area contributed by atoms with Crippen LogP contribution in [0.5, 0.6) is 0 Å². The van der Waals surface area contributed by atoms with E-state index >= 15 is 0 Å². The van der Waals surface area contributed by atoms with Crippen molar-refractivity contribution < 1.29 is 9.59 Å². The Morgan fingerprint density at radius 2 is 2.05 bits per heavy atom. The lowest BCUT2D eigenvalue weighted by atomic mass is 9.90. The summed E-state index contributed by atoms with van der Waals surface area (Å²) in [5.74, 6) is -0.108. The van der Waals surface area contributed by atoms with Gasteiger partial charge in [-0.25, -0.2) is 0 Å². The molecule has 0 saturated carbocycles. The minimum absolute atomic E-state index is 0.0338. The summed E-state index contributed by atoms with van der Waals surface area (Å²) in [4.78, 5) is 26.8. The molecule has 0 spiro atoms. The largest absolute Gasteiger partial charge is 0.340 e. The van der Waals surface area contributed by atoms with E-state index in [-0.39, 0.29) is 11.8 Å². The van der Waals surface area contributed by atoms with Crippen molar-refractivity contribution >= 4 is 40.1 Å². The summed E-state index contributed by atoms with van der Waals surface area (Å²) < 4.78 is 1.05. The predicted molar refractivity (Wildman–Crippen MR) is 87.6 cm³/mol. The smallest absolute Gasteiger partial charge is 0.253 e. The van der Waals surface area contributed by atoms with Gasteiger partial charge in [0.25, 0.3) is 5.91 Å². The third-order valence-electron chi connectivity index (χ3n) is 3.88. The molecule has 4 nitrogen and oxygen atoms in total. The van der Waals surface area contributed by atoms with Crippen LogP contribution in [0.15, 0.2) is 24.3 Å². The Morgan fingerprint density at radius 1 is 1.35 bits per heavy atom. The molecule has 1 aromatic rings. The highest BCUT2D eigenvalue weighted by atomic mass is 127. The highest BCUT2D eigenvalue weighted by Gasteiger charge is 2.46. The first-order valence-corrected chi connectivity index (χ1v) is 7.92. The van der Waals surface area contributed by atoms with E-state index in [1.807, 2.05) is 38.1 Å². The number of hydrogen-bond acceptors (Lipinski definition) is 2. The lowest BCUT2D eigenvalue weighted by molar-refractivity contribution is -0.138. The normalized spacial score (nSPS) is 26.6. The van der Waals surface area contributed by atoms with E-state index in [2.05, 4.69) is 27.9 Å². The fraction of sp³-hybridized carbons (Fsp3) is 0.467. The van der Waals surface area contributed by atoms with Crippen LogP contribution < -0.4 is 10.2 Å². The Morgan fingerprint density at radius 3 is 2.60 bits per heavy atom. The Bertz CT molecular complexity index is 546. The number of nitrogens with zero attached hydrogens (tertiary/aromatic N) is 1. The third kappa shape index (κ3) is 2.55. The summed E-state index contributed by atoms with van der Waals surface area (Å²) in [7, 11) is 0. The number of hydrogen-bond donors (Lipinski definition) is 1. The Hall–Kier alpha value is -1.11. The average Bonchev–Trinajstić information content (AvgIpc) is 2.42. The molecule has 2 amide bonds. The number of carbonyl (C=O) groups is 2. The molecule has 1 heterocycles. The second kappa shape index (κ2) is 5.71. The number of piperazine rings is 1. The van der Waals surface area contributed by atoms with E-state index in [1.165, 1.54) is 0 Å². The van der Waals surface area contributed by atoms with E-state index in [0.29, 0.717) is 12.8 Å². The number of carbonyl (C=O) groups excluding carboxylic acids is 2. The molecule has 2 atom stereocenters. The maximum Gasteiger partial charge on any atom is 0.253 e. The van der Waals surface area contributed by atoms with Crippen molar-refractivity contribution in [2.75, 3.05) is 4.90 Å². The zero-order valence-corrected chi connectivity index (χ0v) is 14.1. The number of benzene rings is 1. The lowest BCUT2D eigenvalue weighted by Crippen LogP contribution is -2.69. The average molecular weight is 386 g/mol. The molecule has 0 bridgehead atoms. The lowest BCUT2D eigenvalue weighted by Gasteiger charge is -2.43. The molecule has 2 unspecified atom stereocenters. The number of anilines is 1. The molecule has 0 radical (unpaired) electrons. The van der Waals surface area contributed by atoms with Gasteiger partial charge in [-0.05, 0) is 60.6 Å². The molecule has 1 saturated heterocycles. The van der Waals surface area contributed by atoms with Crippen molar-refractivity contribution in [3.8, 4) is 0 Å². The summed E-state index contributed by atoms with van der Waals surface area (Å²) in [5.41, 5.74) is -0.0207. The molecule has 1 aliphatic rings. The van der Waals surface area contributed by atoms with Crippen molar-refractivity contribution in [3.05, 3.63) is 27.8 Å². The number of nitrogens with one attached hydrogen (secondary N) is 1. The molecule has 5 heteroatoms. The van der Waals surface area contributed by atoms with Crippen LogP contribution >= 0.6 is 22.6 Å². The van der Waals surface area contributed by atoms with Gasteiger partial charge in [-0.3, -0.25) is 14.5 Å². The van der Waals surface area contributed by atoms with Gasteiger partial charge in [-0.2, -0.15) is 0 Å². The number of halogens is 1. The van der Waals surface area contributed by atoms with Crippen molar-refractivity contribution in [1.82, 2.24) is 5.32 Å². The highest BCUT2D eigenvalue weighted by Crippen LogP contribution is 2.29. The molecule has 1 aromatic carbocycles. The first-order chi connectivity index (χ1) is 9.42. The molecule has 1 aliphatic heterocycles. The van der Waals surface area contributed by atoms with Crippen LogP contribution in [0.1, 0.15) is 33.6 Å². The van der Waals surface area contributed by atoms with Gasteiger partial charge >= 0.3 is 0 Å². The van der Waals surface area contributed by atoms with E-state index in [0.717, 1.165) is 9.26 Å². The predicted octanol–water partition coefficient (Wildman–Crippen LogP) is 2.70. The first kappa shape index (κ1) is 15.3. The minimum atomic E-state index is -0.815. The maximum atomic E-state index is 12.8. The standard InChI is InChI=1S/C15H19IN2O2/c1-4-12-13(19)17-15(3,5-2)14(20)18(12)11-8-6-7-10(16)9-11/h6-9,12H,4-5H2,1-3H3,(H,17,19). The second-order valence-corrected chi connectivity index (χ2v) is 6.50. The van der Waals surface area contributed by atoms with Crippen molar-refractivity contribution in [2.24, 2.45) is 0 Å². The molecule has 1 N–H and O–H groups in total. The van der Waals surface area contributed by atoms with E-state index in [9.17, 15) is 9.59 Å². The van der Waals surface area contributed by atoms with Gasteiger partial charge in [0.15, 0.2) is 0 Å². The molecule has 1 fully saturated rings. The Balaban J connectivity index is 2.50. The van der Waals surface area contributed by atoms with Crippen LogP contribution in [-0.2, 0) is 9.59 Å². The van der Waals surface area contributed by atoms with Gasteiger partial charge in [0.1, 0.15) is 11.6 Å². The molecule has 108 valence electrons. The molecular weight excluding hydrogens is 367 g/mol. The van der Waals surface area contributed by atoms with Crippen LogP contribution in [-0.4, -0.2) is 23.4 Å². The van der Waals surface area contributed by atoms with Crippen molar-refractivity contribution in [1.29, 1.82) is 0 Å². The SMILES string of the molecule is CCC1C(=O)NC(C)(CC)C(=O)N1c1cccc(I)c1. The molecule has 0 aliphatic carbocycles. The van der Waals surface area contributed by atoms with Gasteiger partial charge in [-0.1, -0.05) is 19.9 Å². The third-order valence-corrected chi connectivity index (χ3v) is 4.56. The quantitative estimate of drug-likeness (QED) is 0.813.